The summed E-state index contributed by atoms with van der Waals surface area (Å²) < 4.78 is 0. The Morgan fingerprint density at radius 1 is 1.45 bits per heavy atom. The van der Waals surface area contributed by atoms with Gasteiger partial charge in [0.25, 0.3) is 0 Å². The Labute approximate surface area is 129 Å². The van der Waals surface area contributed by atoms with Crippen LogP contribution in [-0.4, -0.2) is 21.6 Å². The van der Waals surface area contributed by atoms with Crippen molar-refractivity contribution in [1.29, 1.82) is 5.41 Å². The van der Waals surface area contributed by atoms with Crippen molar-refractivity contribution in [3.05, 3.63) is 30.2 Å². The van der Waals surface area contributed by atoms with E-state index in [0.29, 0.717) is 0 Å². The van der Waals surface area contributed by atoms with Crippen molar-refractivity contribution in [2.75, 3.05) is 0 Å². The molecule has 0 fully saturated rings. The summed E-state index contributed by atoms with van der Waals surface area (Å²) in [6.07, 6.45) is 3.52. The van der Waals surface area contributed by atoms with E-state index < -0.39 is 0 Å². The molecule has 2 aromatic rings. The molecule has 0 spiro atoms. The number of halogens is 2. The fourth-order valence-corrected chi connectivity index (χ4v) is 1.73. The molecule has 2 rings (SSSR count). The first kappa shape index (κ1) is 18.2. The summed E-state index contributed by atoms with van der Waals surface area (Å²) in [7, 11) is 0. The lowest BCUT2D eigenvalue weighted by molar-refractivity contribution is 0.852. The molecule has 0 aliphatic heterocycles. The second-order valence-electron chi connectivity index (χ2n) is 4.32. The molecule has 2 aromatic heterocycles. The fraction of sp³-hybridized carbons (Fsp3) is 0.250. The number of rotatable bonds is 3. The van der Waals surface area contributed by atoms with Gasteiger partial charge in [-0.1, -0.05) is 13.8 Å². The molecule has 0 unspecified atom stereocenters. The summed E-state index contributed by atoms with van der Waals surface area (Å²) in [4.78, 5) is 7.32. The Hall–Kier alpha value is -1.79. The van der Waals surface area contributed by atoms with E-state index in [2.05, 4.69) is 20.5 Å². The number of aromatic nitrogens is 2. The third-order valence-electron chi connectivity index (χ3n) is 2.54. The first-order chi connectivity index (χ1) is 8.58. The maximum Gasteiger partial charge on any atom is 0.206 e. The SMILES string of the molecule is CC(C)/C(=N\NC(=N)N)c1cc2ccncc2[nH]1.Cl.Cl. The monoisotopic (exact) mass is 316 g/mol. The third-order valence-corrected chi connectivity index (χ3v) is 2.54. The van der Waals surface area contributed by atoms with Gasteiger partial charge < -0.3 is 10.7 Å². The van der Waals surface area contributed by atoms with Gasteiger partial charge in [0.1, 0.15) is 0 Å². The smallest absolute Gasteiger partial charge is 0.206 e. The quantitative estimate of drug-likeness (QED) is 0.396. The second kappa shape index (κ2) is 7.72. The van der Waals surface area contributed by atoms with Crippen molar-refractivity contribution in [2.45, 2.75) is 13.8 Å². The fourth-order valence-electron chi connectivity index (χ4n) is 1.73. The first-order valence-electron chi connectivity index (χ1n) is 5.68. The molecule has 0 aliphatic carbocycles. The minimum atomic E-state index is -0.175. The van der Waals surface area contributed by atoms with Crippen LogP contribution in [0, 0.1) is 11.3 Å². The number of nitrogens with one attached hydrogen (secondary N) is 3. The number of fused-ring (bicyclic) bond motifs is 1. The Kier molecular flexibility index (Phi) is 7.02. The van der Waals surface area contributed by atoms with Crippen molar-refractivity contribution in [3.8, 4) is 0 Å². The van der Waals surface area contributed by atoms with Crippen molar-refractivity contribution < 1.29 is 0 Å². The Morgan fingerprint density at radius 3 is 2.70 bits per heavy atom. The number of guanidine groups is 1. The number of aromatic amines is 1. The van der Waals surface area contributed by atoms with Crippen LogP contribution in [0.4, 0.5) is 0 Å². The average Bonchev–Trinajstić information content (AvgIpc) is 2.71. The van der Waals surface area contributed by atoms with E-state index in [-0.39, 0.29) is 36.7 Å². The molecule has 5 N–H and O–H groups in total. The van der Waals surface area contributed by atoms with Crippen molar-refractivity contribution in [1.82, 2.24) is 15.4 Å². The Balaban J connectivity index is 0.00000180. The molecule has 0 atom stereocenters. The topological polar surface area (TPSA) is 103 Å². The number of hydrogen-bond acceptors (Lipinski definition) is 3. The molecule has 8 heteroatoms. The molecule has 0 aromatic carbocycles. The Morgan fingerprint density at radius 2 is 2.15 bits per heavy atom. The van der Waals surface area contributed by atoms with Gasteiger partial charge >= 0.3 is 0 Å². The largest absolute Gasteiger partial charge is 0.369 e. The van der Waals surface area contributed by atoms with E-state index in [1.54, 1.807) is 12.4 Å². The zero-order valence-electron chi connectivity index (χ0n) is 11.2. The van der Waals surface area contributed by atoms with Crippen LogP contribution in [0.1, 0.15) is 19.5 Å². The highest BCUT2D eigenvalue weighted by Crippen LogP contribution is 2.16. The van der Waals surface area contributed by atoms with E-state index in [1.165, 1.54) is 0 Å². The first-order valence-corrected chi connectivity index (χ1v) is 5.68. The molecule has 2 heterocycles. The predicted molar refractivity (Wildman–Crippen MR) is 87.0 cm³/mol. The van der Waals surface area contributed by atoms with Gasteiger partial charge in [-0.05, 0) is 18.1 Å². The van der Waals surface area contributed by atoms with Crippen LogP contribution in [-0.2, 0) is 0 Å². The van der Waals surface area contributed by atoms with Crippen LogP contribution in [0.3, 0.4) is 0 Å². The van der Waals surface area contributed by atoms with E-state index in [1.807, 2.05) is 26.0 Å². The molecule has 6 nitrogen and oxygen atoms in total. The molecule has 0 aliphatic rings. The molecule has 0 radical (unpaired) electrons. The summed E-state index contributed by atoms with van der Waals surface area (Å²) in [5, 5.41) is 12.4. The number of nitrogens with zero attached hydrogens (tertiary/aromatic N) is 2. The van der Waals surface area contributed by atoms with Crippen molar-refractivity contribution in [2.24, 2.45) is 16.8 Å². The molecule has 0 bridgehead atoms. The summed E-state index contributed by atoms with van der Waals surface area (Å²) in [6, 6.07) is 3.95. The zero-order chi connectivity index (χ0) is 13.1. The van der Waals surface area contributed by atoms with Gasteiger partial charge in [0.2, 0.25) is 5.96 Å². The van der Waals surface area contributed by atoms with Gasteiger partial charge in [0.15, 0.2) is 0 Å². The van der Waals surface area contributed by atoms with Gasteiger partial charge in [-0.25, -0.2) is 5.43 Å². The molecular weight excluding hydrogens is 299 g/mol. The molecule has 110 valence electrons. The number of nitrogens with two attached hydrogens (primary N) is 1. The lowest BCUT2D eigenvalue weighted by Crippen LogP contribution is -2.28. The standard InChI is InChI=1S/C12H16N6.2ClH/c1-7(2)11(17-18-12(13)14)9-5-8-3-4-15-6-10(8)16-9;;/h3-7,16H,1-2H3,(H4,13,14,18);2*1H/b17-11+;;. The van der Waals surface area contributed by atoms with Crippen LogP contribution in [0.2, 0.25) is 0 Å². The highest BCUT2D eigenvalue weighted by molar-refractivity contribution is 6.04. The lowest BCUT2D eigenvalue weighted by atomic mass is 10.1. The van der Waals surface area contributed by atoms with E-state index >= 15 is 0 Å². The summed E-state index contributed by atoms with van der Waals surface area (Å²) >= 11 is 0. The Bertz CT molecular complexity index is 572. The van der Waals surface area contributed by atoms with E-state index in [4.69, 9.17) is 11.1 Å². The molecule has 0 amide bonds. The minimum absolute atomic E-state index is 0. The van der Waals surface area contributed by atoms with Gasteiger partial charge in [-0.3, -0.25) is 10.4 Å². The normalized spacial score (nSPS) is 10.8. The maximum atomic E-state index is 7.14. The zero-order valence-corrected chi connectivity index (χ0v) is 12.8. The highest BCUT2D eigenvalue weighted by atomic mass is 35.5. The molecule has 0 saturated carbocycles. The third kappa shape index (κ3) is 4.11. The molecule has 0 saturated heterocycles. The molecule has 20 heavy (non-hydrogen) atoms. The summed E-state index contributed by atoms with van der Waals surface area (Å²) in [6.45, 7) is 4.06. The number of pyridine rings is 1. The van der Waals surface area contributed by atoms with E-state index in [9.17, 15) is 0 Å². The van der Waals surface area contributed by atoms with Gasteiger partial charge in [0, 0.05) is 11.6 Å². The van der Waals surface area contributed by atoms with Crippen LogP contribution in [0.5, 0.6) is 0 Å². The van der Waals surface area contributed by atoms with Crippen LogP contribution in [0.25, 0.3) is 10.9 Å². The number of hydrazone groups is 1. The lowest BCUT2D eigenvalue weighted by Gasteiger charge is -2.08. The van der Waals surface area contributed by atoms with Gasteiger partial charge in [-0.2, -0.15) is 5.10 Å². The van der Waals surface area contributed by atoms with Crippen LogP contribution >= 0.6 is 24.8 Å². The van der Waals surface area contributed by atoms with Crippen molar-refractivity contribution >= 4 is 47.4 Å². The number of H-pyrrole nitrogens is 1. The summed E-state index contributed by atoms with van der Waals surface area (Å²) in [5.41, 5.74) is 10.4. The maximum absolute atomic E-state index is 7.14. The predicted octanol–water partition coefficient (Wildman–Crippen LogP) is 2.25. The summed E-state index contributed by atoms with van der Waals surface area (Å²) in [5.74, 6) is 0.0313. The second-order valence-corrected chi connectivity index (χ2v) is 4.32. The minimum Gasteiger partial charge on any atom is -0.369 e. The van der Waals surface area contributed by atoms with Crippen LogP contribution in [0.15, 0.2) is 29.6 Å². The van der Waals surface area contributed by atoms with Gasteiger partial charge in [0.05, 0.1) is 23.1 Å². The van der Waals surface area contributed by atoms with Crippen molar-refractivity contribution in [3.63, 3.8) is 0 Å². The van der Waals surface area contributed by atoms with Crippen LogP contribution < -0.4 is 11.2 Å². The number of hydrogen-bond donors (Lipinski definition) is 4. The molecular formula is C12H18Cl2N6. The van der Waals surface area contributed by atoms with E-state index in [0.717, 1.165) is 22.3 Å². The van der Waals surface area contributed by atoms with Gasteiger partial charge in [-0.15, -0.1) is 24.8 Å². The average molecular weight is 317 g/mol. The highest BCUT2D eigenvalue weighted by Gasteiger charge is 2.12.